The third-order valence-electron chi connectivity index (χ3n) is 5.76. The summed E-state index contributed by atoms with van der Waals surface area (Å²) in [5.74, 6) is 0. The van der Waals surface area contributed by atoms with Gasteiger partial charge in [0.1, 0.15) is 5.65 Å². The summed E-state index contributed by atoms with van der Waals surface area (Å²) in [4.78, 5) is 22.6. The van der Waals surface area contributed by atoms with E-state index in [4.69, 9.17) is 0 Å². The molecule has 1 fully saturated rings. The zero-order valence-corrected chi connectivity index (χ0v) is 17.0. The number of hydrogen-bond donors (Lipinski definition) is 0. The molecule has 2 aromatic heterocycles. The molecular formula is C23H28N4O. The second-order valence-corrected chi connectivity index (χ2v) is 7.76. The van der Waals surface area contributed by atoms with E-state index in [-0.39, 0.29) is 5.56 Å². The Morgan fingerprint density at radius 2 is 1.71 bits per heavy atom. The molecule has 0 saturated carbocycles. The highest BCUT2D eigenvalue weighted by molar-refractivity contribution is 5.48. The predicted octanol–water partition coefficient (Wildman–Crippen LogP) is 2.98. The number of benzene rings is 1. The van der Waals surface area contributed by atoms with Gasteiger partial charge >= 0.3 is 0 Å². The summed E-state index contributed by atoms with van der Waals surface area (Å²) in [6.07, 6.45) is 0.749. The summed E-state index contributed by atoms with van der Waals surface area (Å²) in [7, 11) is 0. The maximum Gasteiger partial charge on any atom is 0.261 e. The van der Waals surface area contributed by atoms with Crippen LogP contribution in [0.5, 0.6) is 0 Å². The standard InChI is InChI=1S/C23H28N4O/c1-17-6-4-8-20(16-17)26-14-12-25(13-15-26)11-10-21-19(3)24-22-9-5-7-18(2)27(22)23(21)28/h4-9,16H,10-15H2,1-3H3. The monoisotopic (exact) mass is 376 g/mol. The maximum atomic E-state index is 13.0. The number of anilines is 1. The van der Waals surface area contributed by atoms with Crippen molar-refractivity contribution < 1.29 is 0 Å². The van der Waals surface area contributed by atoms with Crippen LogP contribution in [0.2, 0.25) is 0 Å². The lowest BCUT2D eigenvalue weighted by atomic mass is 10.1. The molecule has 0 amide bonds. The van der Waals surface area contributed by atoms with E-state index < -0.39 is 0 Å². The van der Waals surface area contributed by atoms with Crippen molar-refractivity contribution in [1.29, 1.82) is 0 Å². The number of hydrogen-bond acceptors (Lipinski definition) is 4. The van der Waals surface area contributed by atoms with Gasteiger partial charge in [-0.1, -0.05) is 18.2 Å². The van der Waals surface area contributed by atoms with E-state index in [1.54, 1.807) is 4.40 Å². The van der Waals surface area contributed by atoms with Crippen molar-refractivity contribution in [3.8, 4) is 0 Å². The fourth-order valence-corrected chi connectivity index (χ4v) is 4.10. The van der Waals surface area contributed by atoms with Crippen molar-refractivity contribution in [2.75, 3.05) is 37.6 Å². The van der Waals surface area contributed by atoms with Gasteiger partial charge in [-0.2, -0.15) is 0 Å². The number of fused-ring (bicyclic) bond motifs is 1. The molecule has 1 aliphatic heterocycles. The first-order valence-electron chi connectivity index (χ1n) is 10.0. The Balaban J connectivity index is 1.43. The molecule has 0 unspecified atom stereocenters. The average molecular weight is 377 g/mol. The van der Waals surface area contributed by atoms with Gasteiger partial charge in [-0.25, -0.2) is 4.98 Å². The number of pyridine rings is 1. The zero-order chi connectivity index (χ0) is 19.7. The van der Waals surface area contributed by atoms with Crippen molar-refractivity contribution in [3.63, 3.8) is 0 Å². The molecule has 146 valence electrons. The summed E-state index contributed by atoms with van der Waals surface area (Å²) in [6, 6.07) is 14.5. The number of nitrogens with zero attached hydrogens (tertiary/aromatic N) is 4. The zero-order valence-electron chi connectivity index (χ0n) is 17.0. The van der Waals surface area contributed by atoms with Gasteiger partial charge in [0.15, 0.2) is 0 Å². The van der Waals surface area contributed by atoms with E-state index in [1.165, 1.54) is 11.3 Å². The fraction of sp³-hybridized carbons (Fsp3) is 0.391. The van der Waals surface area contributed by atoms with Crippen LogP contribution in [-0.2, 0) is 6.42 Å². The van der Waals surface area contributed by atoms with Crippen LogP contribution in [0.15, 0.2) is 47.3 Å². The Kier molecular flexibility index (Phi) is 5.18. The topological polar surface area (TPSA) is 40.9 Å². The van der Waals surface area contributed by atoms with Crippen LogP contribution < -0.4 is 10.5 Å². The molecular weight excluding hydrogens is 348 g/mol. The summed E-state index contributed by atoms with van der Waals surface area (Å²) < 4.78 is 1.73. The lowest BCUT2D eigenvalue weighted by Gasteiger charge is -2.36. The summed E-state index contributed by atoms with van der Waals surface area (Å²) in [5.41, 5.74) is 6.06. The van der Waals surface area contributed by atoms with E-state index in [2.05, 4.69) is 46.0 Å². The van der Waals surface area contributed by atoms with Crippen molar-refractivity contribution >= 4 is 11.3 Å². The van der Waals surface area contributed by atoms with Crippen molar-refractivity contribution in [2.24, 2.45) is 0 Å². The summed E-state index contributed by atoms with van der Waals surface area (Å²) in [5, 5.41) is 0. The van der Waals surface area contributed by atoms with E-state index >= 15 is 0 Å². The molecule has 0 spiro atoms. The maximum absolute atomic E-state index is 13.0. The van der Waals surface area contributed by atoms with Gasteiger partial charge in [-0.15, -0.1) is 0 Å². The number of aromatic nitrogens is 2. The van der Waals surface area contributed by atoms with Gasteiger partial charge in [0.25, 0.3) is 5.56 Å². The van der Waals surface area contributed by atoms with Gasteiger partial charge in [-0.05, 0) is 57.0 Å². The molecule has 1 saturated heterocycles. The van der Waals surface area contributed by atoms with Crippen LogP contribution in [0.3, 0.4) is 0 Å². The highest BCUT2D eigenvalue weighted by Gasteiger charge is 2.18. The molecule has 0 atom stereocenters. The third kappa shape index (κ3) is 3.67. The average Bonchev–Trinajstić information content (AvgIpc) is 2.68. The smallest absolute Gasteiger partial charge is 0.261 e. The van der Waals surface area contributed by atoms with Gasteiger partial charge in [-0.3, -0.25) is 14.1 Å². The Morgan fingerprint density at radius 3 is 2.46 bits per heavy atom. The van der Waals surface area contributed by atoms with Crippen molar-refractivity contribution in [3.05, 3.63) is 75.3 Å². The Hall–Kier alpha value is -2.66. The molecule has 0 aliphatic carbocycles. The molecule has 1 aromatic carbocycles. The lowest BCUT2D eigenvalue weighted by molar-refractivity contribution is 0.260. The molecule has 3 aromatic rings. The summed E-state index contributed by atoms with van der Waals surface area (Å²) in [6.45, 7) is 11.0. The van der Waals surface area contributed by atoms with E-state index in [1.807, 2.05) is 32.0 Å². The Morgan fingerprint density at radius 1 is 0.964 bits per heavy atom. The predicted molar refractivity (Wildman–Crippen MR) is 114 cm³/mol. The van der Waals surface area contributed by atoms with Crippen LogP contribution in [0.1, 0.15) is 22.5 Å². The second kappa shape index (κ2) is 7.76. The van der Waals surface area contributed by atoms with Crippen molar-refractivity contribution in [1.82, 2.24) is 14.3 Å². The van der Waals surface area contributed by atoms with Crippen LogP contribution in [0.25, 0.3) is 5.65 Å². The minimum atomic E-state index is 0.0824. The van der Waals surface area contributed by atoms with Crippen molar-refractivity contribution in [2.45, 2.75) is 27.2 Å². The Labute approximate surface area is 166 Å². The molecule has 4 rings (SSSR count). The molecule has 0 N–H and O–H groups in total. The van der Waals surface area contributed by atoms with Crippen LogP contribution in [0.4, 0.5) is 5.69 Å². The SMILES string of the molecule is Cc1cccc(N2CCN(CCc3c(C)nc4cccc(C)n4c3=O)CC2)c1. The molecule has 0 radical (unpaired) electrons. The molecule has 28 heavy (non-hydrogen) atoms. The minimum Gasteiger partial charge on any atom is -0.369 e. The first kappa shape index (κ1) is 18.7. The van der Waals surface area contributed by atoms with Gasteiger partial charge in [0.2, 0.25) is 0 Å². The normalized spacial score (nSPS) is 15.3. The molecule has 0 bridgehead atoms. The molecule has 3 heterocycles. The first-order chi connectivity index (χ1) is 13.5. The molecule has 5 nitrogen and oxygen atoms in total. The number of aryl methyl sites for hydroxylation is 3. The van der Waals surface area contributed by atoms with Gasteiger partial charge in [0.05, 0.1) is 0 Å². The first-order valence-corrected chi connectivity index (χ1v) is 10.0. The van der Waals surface area contributed by atoms with E-state index in [0.717, 1.165) is 61.7 Å². The third-order valence-corrected chi connectivity index (χ3v) is 5.76. The minimum absolute atomic E-state index is 0.0824. The largest absolute Gasteiger partial charge is 0.369 e. The van der Waals surface area contributed by atoms with Crippen LogP contribution in [0, 0.1) is 20.8 Å². The quantitative estimate of drug-likeness (QED) is 0.702. The lowest BCUT2D eigenvalue weighted by Crippen LogP contribution is -2.47. The fourth-order valence-electron chi connectivity index (χ4n) is 4.10. The highest BCUT2D eigenvalue weighted by Crippen LogP contribution is 2.18. The number of rotatable bonds is 4. The van der Waals surface area contributed by atoms with Gasteiger partial charge in [0, 0.05) is 55.4 Å². The van der Waals surface area contributed by atoms with Crippen LogP contribution in [-0.4, -0.2) is 47.0 Å². The van der Waals surface area contributed by atoms with E-state index in [9.17, 15) is 4.79 Å². The summed E-state index contributed by atoms with van der Waals surface area (Å²) >= 11 is 0. The molecule has 1 aliphatic rings. The van der Waals surface area contributed by atoms with Gasteiger partial charge < -0.3 is 4.90 Å². The second-order valence-electron chi connectivity index (χ2n) is 7.76. The Bertz CT molecular complexity index is 1050. The van der Waals surface area contributed by atoms with E-state index in [0.29, 0.717) is 0 Å². The van der Waals surface area contributed by atoms with Crippen LogP contribution >= 0.6 is 0 Å². The highest BCUT2D eigenvalue weighted by atomic mass is 16.1. The molecule has 5 heteroatoms. The number of piperazine rings is 1.